The molecule has 0 radical (unpaired) electrons. The summed E-state index contributed by atoms with van der Waals surface area (Å²) in [6, 6.07) is 18.7. The molecule has 2 aromatic carbocycles. The second-order valence-corrected chi connectivity index (χ2v) is 19.8. The summed E-state index contributed by atoms with van der Waals surface area (Å²) in [6.07, 6.45) is -8.10. The lowest BCUT2D eigenvalue weighted by Gasteiger charge is -2.45. The van der Waals surface area contributed by atoms with Gasteiger partial charge in [0.15, 0.2) is 12.2 Å². The predicted octanol–water partition coefficient (Wildman–Crippen LogP) is 8.35. The Hall–Kier alpha value is -5.24. The van der Waals surface area contributed by atoms with Crippen molar-refractivity contribution in [2.75, 3.05) is 6.61 Å². The van der Waals surface area contributed by atoms with E-state index in [2.05, 4.69) is 5.10 Å². The lowest BCUT2D eigenvalue weighted by molar-refractivity contribution is -0.294. The maximum atomic E-state index is 13.9. The van der Waals surface area contributed by atoms with Crippen molar-refractivity contribution < 1.29 is 57.1 Å². The summed E-state index contributed by atoms with van der Waals surface area (Å²) in [5.41, 5.74) is -1.50. The molecule has 1 saturated heterocycles. The van der Waals surface area contributed by atoms with Gasteiger partial charge in [-0.25, -0.2) is 4.79 Å². The van der Waals surface area contributed by atoms with Crippen molar-refractivity contribution in [1.29, 1.82) is 0 Å². The standard InChI is InChI=1S/C47H64N2O12/c1-28(2)33-31(25-29-21-17-15-18-22-29)37(48-49(33)43(54)56-26-30-23-19-16-20-24-30)61-38-36(60-42(53)47(12,13)14)35(59-41(52)46(9,10)11)34(58-40(51)45(6,7)8)32(57-38)27-55-39(50)44(3,4)5/h15-24,28,32,34-36,38H,25-27H2,1-14H3/t32-,34-,35+,36-,38+/m1/s1. The van der Waals surface area contributed by atoms with E-state index >= 15 is 0 Å². The van der Waals surface area contributed by atoms with Gasteiger partial charge in [-0.3, -0.25) is 19.2 Å². The van der Waals surface area contributed by atoms with Crippen LogP contribution in [0.5, 0.6) is 5.88 Å². The number of ether oxygens (including phenoxy) is 7. The van der Waals surface area contributed by atoms with Crippen LogP contribution >= 0.6 is 0 Å². The van der Waals surface area contributed by atoms with Crippen LogP contribution in [0.3, 0.4) is 0 Å². The Morgan fingerprint density at radius 1 is 0.623 bits per heavy atom. The number of benzene rings is 2. The minimum atomic E-state index is -1.63. The fourth-order valence-electron chi connectivity index (χ4n) is 5.91. The summed E-state index contributed by atoms with van der Waals surface area (Å²) in [4.78, 5) is 68.5. The largest absolute Gasteiger partial charge is 0.462 e. The van der Waals surface area contributed by atoms with Crippen LogP contribution in [0.2, 0.25) is 0 Å². The molecular weight excluding hydrogens is 785 g/mol. The molecule has 14 nitrogen and oxygen atoms in total. The van der Waals surface area contributed by atoms with Crippen LogP contribution in [-0.2, 0) is 60.6 Å². The third-order valence-corrected chi connectivity index (χ3v) is 9.51. The summed E-state index contributed by atoms with van der Waals surface area (Å²) in [6.45, 7) is 23.1. The first-order valence-electron chi connectivity index (χ1n) is 20.7. The highest BCUT2D eigenvalue weighted by atomic mass is 16.7. The average molecular weight is 849 g/mol. The zero-order valence-electron chi connectivity index (χ0n) is 38.2. The van der Waals surface area contributed by atoms with Crippen LogP contribution in [0.15, 0.2) is 60.7 Å². The number of hydrogen-bond donors (Lipinski definition) is 0. The number of esters is 4. The van der Waals surface area contributed by atoms with Crippen molar-refractivity contribution in [3.05, 3.63) is 83.0 Å². The van der Waals surface area contributed by atoms with E-state index in [-0.39, 0.29) is 24.8 Å². The molecule has 334 valence electrons. The van der Waals surface area contributed by atoms with Gasteiger partial charge in [-0.2, -0.15) is 4.68 Å². The molecule has 2 heterocycles. The molecule has 1 aliphatic heterocycles. The number of hydrogen-bond acceptors (Lipinski definition) is 13. The average Bonchev–Trinajstić information content (AvgIpc) is 3.51. The first-order valence-corrected chi connectivity index (χ1v) is 20.7. The Kier molecular flexibility index (Phi) is 15.3. The summed E-state index contributed by atoms with van der Waals surface area (Å²) in [5.74, 6) is -3.06. The number of rotatable bonds is 12. The second-order valence-electron chi connectivity index (χ2n) is 19.8. The van der Waals surface area contributed by atoms with E-state index in [1.807, 2.05) is 74.5 Å². The monoisotopic (exact) mass is 848 g/mol. The van der Waals surface area contributed by atoms with Gasteiger partial charge >= 0.3 is 30.0 Å². The van der Waals surface area contributed by atoms with Gasteiger partial charge in [0.1, 0.15) is 19.3 Å². The maximum Gasteiger partial charge on any atom is 0.435 e. The molecule has 0 spiro atoms. The molecule has 14 heteroatoms. The first-order chi connectivity index (χ1) is 28.2. The molecule has 1 aromatic heterocycles. The predicted molar refractivity (Wildman–Crippen MR) is 225 cm³/mol. The van der Waals surface area contributed by atoms with Gasteiger partial charge in [-0.1, -0.05) is 74.5 Å². The topological polar surface area (TPSA) is 168 Å². The molecule has 5 atom stereocenters. The van der Waals surface area contributed by atoms with Crippen LogP contribution < -0.4 is 4.74 Å². The summed E-state index contributed by atoms with van der Waals surface area (Å²) < 4.78 is 44.4. The van der Waals surface area contributed by atoms with Gasteiger partial charge < -0.3 is 33.2 Å². The molecule has 3 aromatic rings. The quantitative estimate of drug-likeness (QED) is 0.126. The van der Waals surface area contributed by atoms with Gasteiger partial charge in [-0.05, 0) is 100 Å². The molecule has 0 N–H and O–H groups in total. The number of aromatic nitrogens is 2. The zero-order chi connectivity index (χ0) is 45.7. The molecule has 0 aliphatic carbocycles. The first kappa shape index (κ1) is 48.4. The highest BCUT2D eigenvalue weighted by molar-refractivity contribution is 5.78. The fourth-order valence-corrected chi connectivity index (χ4v) is 5.91. The molecule has 0 amide bonds. The van der Waals surface area contributed by atoms with E-state index in [9.17, 15) is 24.0 Å². The third-order valence-electron chi connectivity index (χ3n) is 9.51. The van der Waals surface area contributed by atoms with Crippen molar-refractivity contribution in [3.63, 3.8) is 0 Å². The van der Waals surface area contributed by atoms with E-state index in [0.717, 1.165) is 15.8 Å². The van der Waals surface area contributed by atoms with Crippen LogP contribution in [-0.4, -0.2) is 77.1 Å². The van der Waals surface area contributed by atoms with E-state index in [1.165, 1.54) is 0 Å². The zero-order valence-corrected chi connectivity index (χ0v) is 38.2. The Morgan fingerprint density at radius 2 is 1.08 bits per heavy atom. The molecule has 61 heavy (non-hydrogen) atoms. The van der Waals surface area contributed by atoms with Crippen LogP contribution in [0.25, 0.3) is 0 Å². The molecule has 0 unspecified atom stereocenters. The SMILES string of the molecule is CC(C)c1c(Cc2ccccc2)c(O[C@@H]2O[C@H](COC(=O)C(C)(C)C)[C@@H](OC(=O)C(C)(C)C)[C@H](OC(=O)C(C)(C)C)[C@H]2OC(=O)C(C)(C)C)nn1C(=O)OCc1ccccc1. The van der Waals surface area contributed by atoms with Gasteiger partial charge in [0, 0.05) is 12.0 Å². The lowest BCUT2D eigenvalue weighted by atomic mass is 9.93. The van der Waals surface area contributed by atoms with E-state index < -0.39 is 88.9 Å². The fraction of sp³-hybridized carbons (Fsp3) is 0.574. The van der Waals surface area contributed by atoms with Crippen LogP contribution in [0, 0.1) is 21.7 Å². The molecule has 4 rings (SSSR count). The van der Waals surface area contributed by atoms with Gasteiger partial charge in [-0.15, -0.1) is 5.10 Å². The van der Waals surface area contributed by atoms with E-state index in [0.29, 0.717) is 11.3 Å². The van der Waals surface area contributed by atoms with Crippen molar-refractivity contribution >= 4 is 30.0 Å². The van der Waals surface area contributed by atoms with Crippen LogP contribution in [0.1, 0.15) is 125 Å². The Bertz CT molecular complexity index is 2000. The molecule has 0 bridgehead atoms. The minimum Gasteiger partial charge on any atom is -0.462 e. The van der Waals surface area contributed by atoms with Crippen molar-refractivity contribution in [2.45, 2.75) is 147 Å². The van der Waals surface area contributed by atoms with Crippen molar-refractivity contribution in [2.24, 2.45) is 21.7 Å². The highest BCUT2D eigenvalue weighted by Crippen LogP contribution is 2.38. The normalized spacial score (nSPS) is 19.8. The van der Waals surface area contributed by atoms with Gasteiger partial charge in [0.05, 0.1) is 27.4 Å². The van der Waals surface area contributed by atoms with E-state index in [4.69, 9.17) is 33.2 Å². The minimum absolute atomic E-state index is 0.0255. The van der Waals surface area contributed by atoms with Crippen molar-refractivity contribution in [1.82, 2.24) is 9.78 Å². The summed E-state index contributed by atoms with van der Waals surface area (Å²) in [7, 11) is 0. The molecule has 1 aliphatic rings. The molecule has 1 fully saturated rings. The third kappa shape index (κ3) is 12.9. The lowest BCUT2D eigenvalue weighted by Crippen LogP contribution is -2.65. The maximum absolute atomic E-state index is 13.9. The Labute approximate surface area is 359 Å². The van der Waals surface area contributed by atoms with Crippen molar-refractivity contribution in [3.8, 4) is 5.88 Å². The van der Waals surface area contributed by atoms with Gasteiger partial charge in [0.2, 0.25) is 18.3 Å². The Balaban J connectivity index is 1.94. The summed E-state index contributed by atoms with van der Waals surface area (Å²) in [5, 5.41) is 4.67. The molecular formula is C47H64N2O12. The Morgan fingerprint density at radius 3 is 1.56 bits per heavy atom. The number of carbonyl (C=O) groups excluding carboxylic acids is 5. The molecule has 0 saturated carbocycles. The van der Waals surface area contributed by atoms with Gasteiger partial charge in [0.25, 0.3) is 0 Å². The van der Waals surface area contributed by atoms with Crippen LogP contribution in [0.4, 0.5) is 4.79 Å². The smallest absolute Gasteiger partial charge is 0.435 e. The number of nitrogens with zero attached hydrogens (tertiary/aromatic N) is 2. The highest BCUT2D eigenvalue weighted by Gasteiger charge is 2.56. The summed E-state index contributed by atoms with van der Waals surface area (Å²) >= 11 is 0. The van der Waals surface area contributed by atoms with E-state index in [1.54, 1.807) is 83.1 Å². The second kappa shape index (κ2) is 19.2. The number of carbonyl (C=O) groups is 5.